The van der Waals surface area contributed by atoms with Crippen LogP contribution in [0.4, 0.5) is 0 Å². The quantitative estimate of drug-likeness (QED) is 0.706. The van der Waals surface area contributed by atoms with E-state index in [9.17, 15) is 5.11 Å². The highest BCUT2D eigenvalue weighted by molar-refractivity contribution is 5.28. The standard InChI is InChI=1S/C9H12N2O/c1-7(12)9(2-3-9)8-4-10-6-11-5-8/h4-7,12H,2-3H2,1H3. The van der Waals surface area contributed by atoms with E-state index in [0.29, 0.717) is 0 Å². The predicted octanol–water partition coefficient (Wildman–Crippen LogP) is 0.889. The van der Waals surface area contributed by atoms with Crippen molar-refractivity contribution in [3.63, 3.8) is 0 Å². The third-order valence-electron chi connectivity index (χ3n) is 2.72. The van der Waals surface area contributed by atoms with Crippen molar-refractivity contribution in [1.29, 1.82) is 0 Å². The molecule has 0 aliphatic heterocycles. The molecule has 1 aliphatic rings. The van der Waals surface area contributed by atoms with Crippen LogP contribution in [0.1, 0.15) is 25.3 Å². The van der Waals surface area contributed by atoms with E-state index in [1.165, 1.54) is 6.33 Å². The van der Waals surface area contributed by atoms with Crippen LogP contribution in [0.5, 0.6) is 0 Å². The zero-order valence-corrected chi connectivity index (χ0v) is 7.07. The van der Waals surface area contributed by atoms with E-state index in [2.05, 4.69) is 9.97 Å². The molecule has 1 atom stereocenters. The Kier molecular flexibility index (Phi) is 1.61. The zero-order valence-electron chi connectivity index (χ0n) is 7.07. The van der Waals surface area contributed by atoms with Gasteiger partial charge in [-0.15, -0.1) is 0 Å². The molecule has 64 valence electrons. The summed E-state index contributed by atoms with van der Waals surface area (Å²) in [6.45, 7) is 1.83. The molecule has 0 saturated heterocycles. The van der Waals surface area contributed by atoms with E-state index < -0.39 is 0 Å². The van der Waals surface area contributed by atoms with Crippen LogP contribution in [0.15, 0.2) is 18.7 Å². The molecule has 0 spiro atoms. The van der Waals surface area contributed by atoms with Crippen molar-refractivity contribution in [3.8, 4) is 0 Å². The van der Waals surface area contributed by atoms with Crippen molar-refractivity contribution >= 4 is 0 Å². The second-order valence-electron chi connectivity index (χ2n) is 3.46. The highest BCUT2D eigenvalue weighted by Crippen LogP contribution is 2.50. The van der Waals surface area contributed by atoms with Crippen LogP contribution in [0.25, 0.3) is 0 Å². The number of aliphatic hydroxyl groups excluding tert-OH is 1. The van der Waals surface area contributed by atoms with Gasteiger partial charge in [-0.05, 0) is 25.3 Å². The van der Waals surface area contributed by atoms with Gasteiger partial charge in [-0.2, -0.15) is 0 Å². The van der Waals surface area contributed by atoms with Gasteiger partial charge in [0.15, 0.2) is 0 Å². The molecule has 1 aromatic heterocycles. The van der Waals surface area contributed by atoms with E-state index in [4.69, 9.17) is 0 Å². The van der Waals surface area contributed by atoms with Crippen LogP contribution in [-0.4, -0.2) is 21.2 Å². The number of rotatable bonds is 2. The third kappa shape index (κ3) is 1.01. The number of aromatic nitrogens is 2. The van der Waals surface area contributed by atoms with Gasteiger partial charge < -0.3 is 5.11 Å². The van der Waals surface area contributed by atoms with Gasteiger partial charge >= 0.3 is 0 Å². The average Bonchev–Trinajstić information content (AvgIpc) is 2.86. The minimum Gasteiger partial charge on any atom is -0.392 e. The minimum atomic E-state index is -0.288. The van der Waals surface area contributed by atoms with Gasteiger partial charge in [-0.3, -0.25) is 0 Å². The normalized spacial score (nSPS) is 21.8. The first-order chi connectivity index (χ1) is 5.76. The fourth-order valence-corrected chi connectivity index (χ4v) is 1.64. The second kappa shape index (κ2) is 2.52. The molecule has 1 unspecified atom stereocenters. The summed E-state index contributed by atoms with van der Waals surface area (Å²) in [4.78, 5) is 7.90. The van der Waals surface area contributed by atoms with Crippen molar-refractivity contribution in [1.82, 2.24) is 9.97 Å². The Morgan fingerprint density at radius 2 is 2.00 bits per heavy atom. The summed E-state index contributed by atoms with van der Waals surface area (Å²) in [5.41, 5.74) is 1.04. The lowest BCUT2D eigenvalue weighted by molar-refractivity contribution is 0.150. The first-order valence-corrected chi connectivity index (χ1v) is 4.19. The molecular weight excluding hydrogens is 152 g/mol. The SMILES string of the molecule is CC(O)C1(c2cncnc2)CC1. The molecule has 3 nitrogen and oxygen atoms in total. The van der Waals surface area contributed by atoms with Gasteiger partial charge in [0.25, 0.3) is 0 Å². The molecule has 1 N–H and O–H groups in total. The molecule has 1 aromatic rings. The summed E-state index contributed by atoms with van der Waals surface area (Å²) >= 11 is 0. The van der Waals surface area contributed by atoms with Crippen LogP contribution in [0.2, 0.25) is 0 Å². The molecule has 2 rings (SSSR count). The Bertz CT molecular complexity index is 267. The third-order valence-corrected chi connectivity index (χ3v) is 2.72. The maximum Gasteiger partial charge on any atom is 0.115 e. The Morgan fingerprint density at radius 3 is 2.42 bits per heavy atom. The van der Waals surface area contributed by atoms with Crippen LogP contribution in [-0.2, 0) is 5.41 Å². The van der Waals surface area contributed by atoms with Gasteiger partial charge in [0, 0.05) is 17.8 Å². The zero-order chi connectivity index (χ0) is 8.60. The Morgan fingerprint density at radius 1 is 1.42 bits per heavy atom. The number of nitrogens with zero attached hydrogens (tertiary/aromatic N) is 2. The Labute approximate surface area is 71.5 Å². The van der Waals surface area contributed by atoms with Gasteiger partial charge in [0.05, 0.1) is 6.10 Å². The van der Waals surface area contributed by atoms with Crippen LogP contribution >= 0.6 is 0 Å². The van der Waals surface area contributed by atoms with Crippen molar-refractivity contribution in [3.05, 3.63) is 24.3 Å². The molecule has 12 heavy (non-hydrogen) atoms. The van der Waals surface area contributed by atoms with Crippen molar-refractivity contribution < 1.29 is 5.11 Å². The van der Waals surface area contributed by atoms with E-state index in [-0.39, 0.29) is 11.5 Å². The summed E-state index contributed by atoms with van der Waals surface area (Å²) in [6.07, 6.45) is 6.93. The van der Waals surface area contributed by atoms with E-state index in [1.807, 2.05) is 6.92 Å². The van der Waals surface area contributed by atoms with Gasteiger partial charge in [0.1, 0.15) is 6.33 Å². The van der Waals surface area contributed by atoms with Crippen molar-refractivity contribution in [2.75, 3.05) is 0 Å². The lowest BCUT2D eigenvalue weighted by Crippen LogP contribution is -2.22. The molecular formula is C9H12N2O. The Hall–Kier alpha value is -0.960. The van der Waals surface area contributed by atoms with E-state index in [0.717, 1.165) is 18.4 Å². The topological polar surface area (TPSA) is 46.0 Å². The van der Waals surface area contributed by atoms with Crippen LogP contribution in [0, 0.1) is 0 Å². The first kappa shape index (κ1) is 7.68. The fourth-order valence-electron chi connectivity index (χ4n) is 1.64. The summed E-state index contributed by atoms with van der Waals surface area (Å²) in [5, 5.41) is 9.54. The molecule has 0 amide bonds. The molecule has 1 saturated carbocycles. The summed E-state index contributed by atoms with van der Waals surface area (Å²) in [5.74, 6) is 0. The maximum absolute atomic E-state index is 9.54. The van der Waals surface area contributed by atoms with Gasteiger partial charge in [-0.25, -0.2) is 9.97 Å². The lowest BCUT2D eigenvalue weighted by atomic mass is 9.93. The van der Waals surface area contributed by atoms with Crippen LogP contribution in [0.3, 0.4) is 0 Å². The maximum atomic E-state index is 9.54. The summed E-state index contributed by atoms with van der Waals surface area (Å²) < 4.78 is 0. The summed E-state index contributed by atoms with van der Waals surface area (Å²) in [6, 6.07) is 0. The van der Waals surface area contributed by atoms with Crippen LogP contribution < -0.4 is 0 Å². The number of hydrogen-bond donors (Lipinski definition) is 1. The van der Waals surface area contributed by atoms with Gasteiger partial charge in [-0.1, -0.05) is 0 Å². The molecule has 3 heteroatoms. The average molecular weight is 164 g/mol. The molecule has 0 radical (unpaired) electrons. The minimum absolute atomic E-state index is 0.0265. The molecule has 0 bridgehead atoms. The summed E-state index contributed by atoms with van der Waals surface area (Å²) in [7, 11) is 0. The largest absolute Gasteiger partial charge is 0.392 e. The highest BCUT2D eigenvalue weighted by Gasteiger charge is 2.48. The monoisotopic (exact) mass is 164 g/mol. The molecule has 0 aromatic carbocycles. The second-order valence-corrected chi connectivity index (χ2v) is 3.46. The lowest BCUT2D eigenvalue weighted by Gasteiger charge is -2.17. The molecule has 1 aliphatic carbocycles. The van der Waals surface area contributed by atoms with E-state index >= 15 is 0 Å². The predicted molar refractivity (Wildman–Crippen MR) is 44.6 cm³/mol. The first-order valence-electron chi connectivity index (χ1n) is 4.19. The van der Waals surface area contributed by atoms with Gasteiger partial charge in [0.2, 0.25) is 0 Å². The molecule has 1 fully saturated rings. The van der Waals surface area contributed by atoms with Crippen molar-refractivity contribution in [2.45, 2.75) is 31.3 Å². The smallest absolute Gasteiger partial charge is 0.115 e. The van der Waals surface area contributed by atoms with E-state index in [1.54, 1.807) is 12.4 Å². The fraction of sp³-hybridized carbons (Fsp3) is 0.556. The highest BCUT2D eigenvalue weighted by atomic mass is 16.3. The molecule has 1 heterocycles. The number of aliphatic hydroxyl groups is 1. The van der Waals surface area contributed by atoms with Crippen molar-refractivity contribution in [2.24, 2.45) is 0 Å². The Balaban J connectivity index is 2.31. The number of hydrogen-bond acceptors (Lipinski definition) is 3.